The highest BCUT2D eigenvalue weighted by molar-refractivity contribution is 7.89. The molecule has 0 atom stereocenters. The lowest BCUT2D eigenvalue weighted by atomic mass is 9.96. The molecule has 2 aromatic rings. The standard InChI is InChI=1S/C24H28F2N2O4S/c1-27(19-9-3-2-4-10-19)33(30,31)20-14-12-18(13-15-20)23(29)28-16-6-8-17-7-5-11-21(22(17)28)32-24(25)26/h5,7,11-15,19,24H,2-4,6,8-10,16H2,1H3. The smallest absolute Gasteiger partial charge is 0.387 e. The third-order valence-corrected chi connectivity index (χ3v) is 8.43. The van der Waals surface area contributed by atoms with E-state index in [9.17, 15) is 22.0 Å². The van der Waals surface area contributed by atoms with Gasteiger partial charge in [0.05, 0.1) is 10.6 Å². The first-order valence-electron chi connectivity index (χ1n) is 11.3. The van der Waals surface area contributed by atoms with Gasteiger partial charge in [0.25, 0.3) is 5.91 Å². The molecule has 0 N–H and O–H groups in total. The maximum atomic E-state index is 13.3. The summed E-state index contributed by atoms with van der Waals surface area (Å²) in [5.74, 6) is -0.422. The molecule has 0 unspecified atom stereocenters. The minimum Gasteiger partial charge on any atom is -0.433 e. The van der Waals surface area contributed by atoms with Gasteiger partial charge in [-0.3, -0.25) is 4.79 Å². The number of para-hydroxylation sites is 1. The Hall–Kier alpha value is -2.52. The maximum absolute atomic E-state index is 13.3. The van der Waals surface area contributed by atoms with Gasteiger partial charge in [-0.2, -0.15) is 13.1 Å². The number of hydrogen-bond donors (Lipinski definition) is 0. The second-order valence-electron chi connectivity index (χ2n) is 8.54. The normalized spacial score (nSPS) is 17.3. The molecular formula is C24H28F2N2O4S. The minimum atomic E-state index is -3.67. The summed E-state index contributed by atoms with van der Waals surface area (Å²) in [6.07, 6.45) is 6.22. The van der Waals surface area contributed by atoms with E-state index in [1.807, 2.05) is 0 Å². The zero-order chi connectivity index (χ0) is 23.6. The van der Waals surface area contributed by atoms with Crippen molar-refractivity contribution in [2.75, 3.05) is 18.5 Å². The molecule has 178 valence electrons. The fourth-order valence-electron chi connectivity index (χ4n) is 4.74. The van der Waals surface area contributed by atoms with Gasteiger partial charge in [-0.05, 0) is 61.6 Å². The van der Waals surface area contributed by atoms with Crippen molar-refractivity contribution in [3.8, 4) is 5.75 Å². The number of benzene rings is 2. The molecule has 1 aliphatic heterocycles. The van der Waals surface area contributed by atoms with Crippen LogP contribution in [-0.4, -0.2) is 44.9 Å². The molecule has 2 aliphatic rings. The Bertz CT molecular complexity index is 1100. The third-order valence-electron chi connectivity index (χ3n) is 6.51. The van der Waals surface area contributed by atoms with Gasteiger partial charge >= 0.3 is 6.61 Å². The number of rotatable bonds is 6. The number of nitrogens with zero attached hydrogens (tertiary/aromatic N) is 2. The molecule has 0 bridgehead atoms. The number of ether oxygens (including phenoxy) is 1. The molecule has 1 aliphatic carbocycles. The van der Waals surface area contributed by atoms with Crippen molar-refractivity contribution in [2.45, 2.75) is 62.5 Å². The van der Waals surface area contributed by atoms with Crippen LogP contribution in [0.4, 0.5) is 14.5 Å². The zero-order valence-corrected chi connectivity index (χ0v) is 19.4. The zero-order valence-electron chi connectivity index (χ0n) is 18.5. The summed E-state index contributed by atoms with van der Waals surface area (Å²) < 4.78 is 58.1. The van der Waals surface area contributed by atoms with Crippen LogP contribution in [0.1, 0.15) is 54.4 Å². The number of anilines is 1. The van der Waals surface area contributed by atoms with Crippen molar-refractivity contribution >= 4 is 21.6 Å². The first-order valence-corrected chi connectivity index (χ1v) is 12.7. The summed E-state index contributed by atoms with van der Waals surface area (Å²) in [6, 6.07) is 10.7. The SMILES string of the molecule is CN(C1CCCCC1)S(=O)(=O)c1ccc(C(=O)N2CCCc3cccc(OC(F)F)c32)cc1. The van der Waals surface area contributed by atoms with Crippen LogP contribution >= 0.6 is 0 Å². The number of carbonyl (C=O) groups is 1. The summed E-state index contributed by atoms with van der Waals surface area (Å²) in [7, 11) is -2.06. The number of amides is 1. The van der Waals surface area contributed by atoms with Crippen LogP contribution in [0.25, 0.3) is 0 Å². The van der Waals surface area contributed by atoms with E-state index in [4.69, 9.17) is 0 Å². The van der Waals surface area contributed by atoms with Gasteiger partial charge < -0.3 is 9.64 Å². The highest BCUT2D eigenvalue weighted by atomic mass is 32.2. The Morgan fingerprint density at radius 1 is 1.06 bits per heavy atom. The lowest BCUT2D eigenvalue weighted by molar-refractivity contribution is -0.0495. The van der Waals surface area contributed by atoms with Crippen LogP contribution in [0.5, 0.6) is 5.75 Å². The number of aryl methyl sites for hydroxylation is 1. The van der Waals surface area contributed by atoms with E-state index in [1.54, 1.807) is 19.2 Å². The number of alkyl halides is 2. The second kappa shape index (κ2) is 9.77. The number of carbonyl (C=O) groups excluding carboxylic acids is 1. The number of fused-ring (bicyclic) bond motifs is 1. The molecule has 9 heteroatoms. The Balaban J connectivity index is 1.58. The molecule has 4 rings (SSSR count). The number of hydrogen-bond acceptors (Lipinski definition) is 4. The van der Waals surface area contributed by atoms with Crippen molar-refractivity contribution in [1.82, 2.24) is 4.31 Å². The topological polar surface area (TPSA) is 66.9 Å². The molecule has 0 aromatic heterocycles. The molecule has 0 radical (unpaired) electrons. The quantitative estimate of drug-likeness (QED) is 0.596. The van der Waals surface area contributed by atoms with E-state index in [0.717, 1.165) is 37.7 Å². The van der Waals surface area contributed by atoms with Gasteiger partial charge in [0, 0.05) is 25.2 Å². The summed E-state index contributed by atoms with van der Waals surface area (Å²) in [6.45, 7) is -2.64. The highest BCUT2D eigenvalue weighted by Gasteiger charge is 2.31. The van der Waals surface area contributed by atoms with Crippen LogP contribution < -0.4 is 9.64 Å². The van der Waals surface area contributed by atoms with Crippen molar-refractivity contribution in [1.29, 1.82) is 0 Å². The Morgan fingerprint density at radius 3 is 2.42 bits per heavy atom. The van der Waals surface area contributed by atoms with Crippen LogP contribution in [0, 0.1) is 0 Å². The Morgan fingerprint density at radius 2 is 1.76 bits per heavy atom. The third kappa shape index (κ3) is 4.89. The average Bonchev–Trinajstić information content (AvgIpc) is 2.83. The molecule has 1 amide bonds. The first-order chi connectivity index (χ1) is 15.8. The Labute approximate surface area is 193 Å². The van der Waals surface area contributed by atoms with Gasteiger partial charge in [-0.15, -0.1) is 0 Å². The van der Waals surface area contributed by atoms with Gasteiger partial charge in [0.2, 0.25) is 10.0 Å². The fourth-order valence-corrected chi connectivity index (χ4v) is 6.16. The van der Waals surface area contributed by atoms with E-state index < -0.39 is 16.6 Å². The van der Waals surface area contributed by atoms with Crippen LogP contribution in [0.15, 0.2) is 47.4 Å². The number of sulfonamides is 1. The Kier molecular flexibility index (Phi) is 6.99. The molecule has 33 heavy (non-hydrogen) atoms. The largest absolute Gasteiger partial charge is 0.433 e. The van der Waals surface area contributed by atoms with Crippen molar-refractivity contribution in [3.63, 3.8) is 0 Å². The molecule has 0 saturated heterocycles. The molecular weight excluding hydrogens is 450 g/mol. The molecule has 2 aromatic carbocycles. The minimum absolute atomic E-state index is 0.0110. The van der Waals surface area contributed by atoms with Gasteiger partial charge in [0.1, 0.15) is 5.75 Å². The van der Waals surface area contributed by atoms with E-state index in [1.165, 1.54) is 39.5 Å². The van der Waals surface area contributed by atoms with E-state index >= 15 is 0 Å². The van der Waals surface area contributed by atoms with Gasteiger partial charge in [0.15, 0.2) is 0 Å². The molecule has 1 saturated carbocycles. The van der Waals surface area contributed by atoms with Crippen LogP contribution in [0.2, 0.25) is 0 Å². The lowest BCUT2D eigenvalue weighted by Crippen LogP contribution is -2.38. The molecule has 6 nitrogen and oxygen atoms in total. The lowest BCUT2D eigenvalue weighted by Gasteiger charge is -2.31. The summed E-state index contributed by atoms with van der Waals surface area (Å²) in [5.41, 5.74) is 1.40. The van der Waals surface area contributed by atoms with Crippen molar-refractivity contribution < 1.29 is 26.7 Å². The van der Waals surface area contributed by atoms with Gasteiger partial charge in [-0.25, -0.2) is 8.42 Å². The summed E-state index contributed by atoms with van der Waals surface area (Å²) >= 11 is 0. The van der Waals surface area contributed by atoms with Crippen molar-refractivity contribution in [3.05, 3.63) is 53.6 Å². The van der Waals surface area contributed by atoms with Crippen molar-refractivity contribution in [2.24, 2.45) is 0 Å². The van der Waals surface area contributed by atoms with Crippen LogP contribution in [0.3, 0.4) is 0 Å². The van der Waals surface area contributed by atoms with E-state index in [2.05, 4.69) is 4.74 Å². The summed E-state index contributed by atoms with van der Waals surface area (Å²) in [4.78, 5) is 14.8. The predicted molar refractivity (Wildman–Crippen MR) is 121 cm³/mol. The predicted octanol–water partition coefficient (Wildman–Crippen LogP) is 4.83. The number of halogens is 2. The molecule has 0 spiro atoms. The average molecular weight is 479 g/mol. The molecule has 1 heterocycles. The van der Waals surface area contributed by atoms with Gasteiger partial charge in [-0.1, -0.05) is 31.4 Å². The maximum Gasteiger partial charge on any atom is 0.387 e. The highest BCUT2D eigenvalue weighted by Crippen LogP contribution is 2.38. The van der Waals surface area contributed by atoms with Crippen LogP contribution in [-0.2, 0) is 16.4 Å². The first kappa shape index (κ1) is 23.6. The van der Waals surface area contributed by atoms with E-state index in [0.29, 0.717) is 25.1 Å². The molecule has 1 fully saturated rings. The monoisotopic (exact) mass is 478 g/mol. The van der Waals surface area contributed by atoms with E-state index in [-0.39, 0.29) is 28.2 Å². The fraction of sp³-hybridized carbons (Fsp3) is 0.458. The summed E-state index contributed by atoms with van der Waals surface area (Å²) in [5, 5.41) is 0. The second-order valence-corrected chi connectivity index (χ2v) is 10.5.